The van der Waals surface area contributed by atoms with E-state index in [0.29, 0.717) is 0 Å². The van der Waals surface area contributed by atoms with E-state index >= 15 is 0 Å². The normalized spacial score (nSPS) is 1.00. The van der Waals surface area contributed by atoms with Gasteiger partial charge < -0.3 is 0 Å². The Morgan fingerprint density at radius 2 is 1.17 bits per heavy atom. The molecule has 0 N–H and O–H groups in total. The van der Waals surface area contributed by atoms with Crippen LogP contribution >= 0.6 is 0 Å². The van der Waals surface area contributed by atoms with Gasteiger partial charge in [-0.15, -0.1) is 0 Å². The van der Waals surface area contributed by atoms with Crippen LogP contribution in [-0.2, 0) is 45.5 Å². The van der Waals surface area contributed by atoms with E-state index in [1.807, 2.05) is 0 Å². The zero-order valence-electron chi connectivity index (χ0n) is 2.16. The second kappa shape index (κ2) is 33.1. The Hall–Kier alpha value is 4.76. The summed E-state index contributed by atoms with van der Waals surface area (Å²) in [5.74, 6) is 0. The van der Waals surface area contributed by atoms with Gasteiger partial charge in [-0.1, -0.05) is 0 Å². The van der Waals surface area contributed by atoms with E-state index in [1.54, 1.807) is 0 Å². The van der Waals surface area contributed by atoms with Gasteiger partial charge in [0.1, 0.15) is 0 Å². The molecule has 0 saturated carbocycles. The van der Waals surface area contributed by atoms with Crippen LogP contribution in [0.4, 0.5) is 0 Å². The Kier molecular flexibility index (Phi) is 170. The van der Waals surface area contributed by atoms with Crippen LogP contribution in [0.15, 0.2) is 0 Å². The first kappa shape index (κ1) is 30.9. The van der Waals surface area contributed by atoms with Crippen LogP contribution < -0.4 is 0 Å². The summed E-state index contributed by atoms with van der Waals surface area (Å²) in [5, 5.41) is 0. The van der Waals surface area contributed by atoms with E-state index < -0.39 is 0 Å². The molecular formula is H3CeHoInOTaTi. The minimum absolute atomic E-state index is 0. The quantitative estimate of drug-likeness (QED) is 0.294. The van der Waals surface area contributed by atoms with Gasteiger partial charge in [-0.25, -0.2) is 0 Å². The average Bonchev–Trinajstić information content (AvgIpc) is 1.00. The maximum Gasteiger partial charge on any atom is 0 e. The van der Waals surface area contributed by atoms with Gasteiger partial charge in [0.25, 0.3) is 0 Å². The van der Waals surface area contributed by atoms with Crippen LogP contribution in [0.1, 0.15) is 0 Å². The molecule has 6 heteroatoms. The zero-order valence-corrected chi connectivity index (χ0v) is 12.0. The van der Waals surface area contributed by atoms with Crippen LogP contribution in [0.3, 0.4) is 0 Å². The molecule has 0 spiro atoms. The molecule has 0 bridgehead atoms. The van der Waals surface area contributed by atoms with Crippen molar-refractivity contribution in [1.29, 1.82) is 0 Å². The number of rotatable bonds is 0. The molecule has 36 valence electrons. The summed E-state index contributed by atoms with van der Waals surface area (Å²) in [6.45, 7) is 0. The molecule has 1 radical (unpaired) electrons. The second-order valence-corrected chi connectivity index (χ2v) is 0. The number of hydrogen-bond acceptors (Lipinski definition) is 1. The monoisotopic (exact) mass is 668 g/mol. The van der Waals surface area contributed by atoms with Gasteiger partial charge in [0.05, 0.1) is 0 Å². The SMILES string of the molecule is [Ce].[InH3].[O]=[Ho].[Ta].[Ti]. The summed E-state index contributed by atoms with van der Waals surface area (Å²) < 4.78 is 8.19. The molecule has 0 atom stereocenters. The fourth-order valence-corrected chi connectivity index (χ4v) is 0. The van der Waals surface area contributed by atoms with Crippen molar-refractivity contribution in [3.8, 4) is 0 Å². The Labute approximate surface area is 144 Å². The van der Waals surface area contributed by atoms with Crippen molar-refractivity contribution in [2.75, 3.05) is 0 Å². The van der Waals surface area contributed by atoms with Gasteiger partial charge in [0.2, 0.25) is 0 Å². The van der Waals surface area contributed by atoms with Gasteiger partial charge in [-0.2, -0.15) is 0 Å². The summed E-state index contributed by atoms with van der Waals surface area (Å²) in [7, 11) is 0. The summed E-state index contributed by atoms with van der Waals surface area (Å²) in [4.78, 5) is 0. The third-order valence-electron chi connectivity index (χ3n) is 0. The maximum absolute atomic E-state index is 8.19. The predicted octanol–water partition coefficient (Wildman–Crippen LogP) is -1.31. The predicted molar refractivity (Wildman–Crippen MR) is 10.6 cm³/mol. The van der Waals surface area contributed by atoms with E-state index in [4.69, 9.17) is 1.43 Å². The van der Waals surface area contributed by atoms with E-state index in [-0.39, 0.29) is 112 Å². The molecule has 0 unspecified atom stereocenters. The fourth-order valence-electron chi connectivity index (χ4n) is 0. The molecule has 6 heavy (non-hydrogen) atoms. The van der Waals surface area contributed by atoms with Gasteiger partial charge in [0, 0.05) is 85.8 Å². The van der Waals surface area contributed by atoms with Crippen molar-refractivity contribution < 1.29 is 123 Å². The molecule has 0 heterocycles. The van der Waals surface area contributed by atoms with E-state index in [1.165, 1.54) is 0 Å². The van der Waals surface area contributed by atoms with Crippen molar-refractivity contribution in [3.63, 3.8) is 0 Å². The van der Waals surface area contributed by atoms with E-state index in [0.717, 1.165) is 35.9 Å². The Balaban J connectivity index is -0.000000000833. The van der Waals surface area contributed by atoms with Crippen LogP contribution in [0, 0.1) is 77.6 Å². The largest absolute Gasteiger partial charge is 0 e. The fraction of sp³-hybridized carbons (Fsp3) is 0. The first-order valence-electron chi connectivity index (χ1n) is 0.123. The van der Waals surface area contributed by atoms with Gasteiger partial charge >= 0.3 is 63.2 Å². The summed E-state index contributed by atoms with van der Waals surface area (Å²) in [5.41, 5.74) is 0. The van der Waals surface area contributed by atoms with Crippen molar-refractivity contribution >= 4 is 25.8 Å². The van der Waals surface area contributed by atoms with Gasteiger partial charge in [0.15, 0.2) is 0 Å². The minimum Gasteiger partial charge on any atom is 0 e. The van der Waals surface area contributed by atoms with Crippen molar-refractivity contribution in [2.24, 2.45) is 0 Å². The molecular weight excluding hydrogens is 665 g/mol. The molecule has 0 fully saturated rings. The van der Waals surface area contributed by atoms with Crippen molar-refractivity contribution in [3.05, 3.63) is 0 Å². The van der Waals surface area contributed by atoms with Gasteiger partial charge in [-0.05, 0) is 0 Å². The molecule has 0 aromatic heterocycles. The third kappa shape index (κ3) is 23.3. The molecule has 0 aliphatic carbocycles. The van der Waals surface area contributed by atoms with Crippen LogP contribution in [-0.4, -0.2) is 25.8 Å². The van der Waals surface area contributed by atoms with E-state index in [9.17, 15) is 0 Å². The van der Waals surface area contributed by atoms with Crippen molar-refractivity contribution in [2.45, 2.75) is 0 Å². The first-order chi connectivity index (χ1) is 1.00. The maximum atomic E-state index is 8.19. The molecule has 0 amide bonds. The molecule has 1 nitrogen and oxygen atoms in total. The molecule has 0 rings (SSSR count). The molecule has 0 aliphatic heterocycles. The molecule has 0 aliphatic rings. The molecule has 0 aromatic carbocycles. The Morgan fingerprint density at radius 1 is 1.17 bits per heavy atom. The number of hydrogen-bond donors (Lipinski definition) is 0. The molecule has 0 saturated heterocycles. The standard InChI is InChI=1S/Ce.Ho.In.O.Ta.Ti.3H. The van der Waals surface area contributed by atoms with Crippen molar-refractivity contribution in [1.82, 2.24) is 0 Å². The summed E-state index contributed by atoms with van der Waals surface area (Å²) in [6.07, 6.45) is 0. The van der Waals surface area contributed by atoms with Crippen LogP contribution in [0.25, 0.3) is 0 Å². The summed E-state index contributed by atoms with van der Waals surface area (Å²) >= 11 is 1.03. The first-order valence-corrected chi connectivity index (χ1v) is 0.913. The van der Waals surface area contributed by atoms with E-state index in [2.05, 4.69) is 0 Å². The Bertz CT molecular complexity index is 15.5. The smallest absolute Gasteiger partial charge is 0 e. The second-order valence-electron chi connectivity index (χ2n) is 0. The van der Waals surface area contributed by atoms with Crippen LogP contribution in [0.5, 0.6) is 0 Å². The average molecular weight is 668 g/mol. The minimum atomic E-state index is 0. The summed E-state index contributed by atoms with van der Waals surface area (Å²) in [6, 6.07) is 0. The zero-order chi connectivity index (χ0) is 2.00. The third-order valence-corrected chi connectivity index (χ3v) is 0. The van der Waals surface area contributed by atoms with Gasteiger partial charge in [-0.3, -0.25) is 0 Å². The Morgan fingerprint density at radius 3 is 1.17 bits per heavy atom. The van der Waals surface area contributed by atoms with Crippen LogP contribution in [0.2, 0.25) is 0 Å². The topological polar surface area (TPSA) is 17.1 Å². The molecule has 0 aromatic rings.